The van der Waals surface area contributed by atoms with Gasteiger partial charge >= 0.3 is 0 Å². The molecule has 0 aliphatic heterocycles. The third-order valence-corrected chi connectivity index (χ3v) is 8.90. The molecule has 126 valence electrons. The Labute approximate surface area is 135 Å². The van der Waals surface area contributed by atoms with E-state index in [9.17, 15) is 10.2 Å². The van der Waals surface area contributed by atoms with Crippen molar-refractivity contribution in [1.82, 2.24) is 0 Å². The maximum atomic E-state index is 10.5. The zero-order valence-electron chi connectivity index (χ0n) is 14.6. The molecule has 4 aliphatic carbocycles. The largest absolute Gasteiger partial charge is 0.393 e. The van der Waals surface area contributed by atoms with Crippen molar-refractivity contribution >= 4 is 0 Å². The Kier molecular flexibility index (Phi) is 3.32. The van der Waals surface area contributed by atoms with Gasteiger partial charge in [0.05, 0.1) is 11.7 Å². The fourth-order valence-corrected chi connectivity index (χ4v) is 7.40. The van der Waals surface area contributed by atoms with Crippen molar-refractivity contribution in [3.8, 4) is 0 Å². The number of aliphatic hydroxyl groups excluding tert-OH is 1. The first-order valence-corrected chi connectivity index (χ1v) is 9.67. The lowest BCUT2D eigenvalue weighted by Gasteiger charge is -2.61. The molecule has 0 unspecified atom stereocenters. The van der Waals surface area contributed by atoms with Crippen LogP contribution in [0.5, 0.6) is 0 Å². The van der Waals surface area contributed by atoms with Crippen LogP contribution in [0.15, 0.2) is 0 Å². The zero-order valence-corrected chi connectivity index (χ0v) is 14.6. The van der Waals surface area contributed by atoms with Crippen molar-refractivity contribution in [2.45, 2.75) is 90.3 Å². The number of fused-ring (bicyclic) bond motifs is 5. The topological polar surface area (TPSA) is 40.5 Å². The second-order valence-corrected chi connectivity index (χ2v) is 10.00. The second-order valence-electron chi connectivity index (χ2n) is 10.00. The van der Waals surface area contributed by atoms with E-state index in [0.29, 0.717) is 11.3 Å². The lowest BCUT2D eigenvalue weighted by molar-refractivity contribution is -0.150. The standard InChI is InChI=1S/C20H34O2/c1-18(22)10-11-19(2)13(12-18)4-5-14-15-6-7-17(21)20(15,3)9-8-16(14)19/h13-17,21-22H,4-12H2,1-3H3/t13-,14-,15-,16-,17-,18+,19-,20-/m1/s1. The molecule has 0 amide bonds. The maximum Gasteiger partial charge on any atom is 0.0622 e. The van der Waals surface area contributed by atoms with Gasteiger partial charge in [0, 0.05) is 0 Å². The van der Waals surface area contributed by atoms with Crippen LogP contribution in [-0.4, -0.2) is 21.9 Å². The summed E-state index contributed by atoms with van der Waals surface area (Å²) in [5.74, 6) is 3.14. The Hall–Kier alpha value is -0.0800. The van der Waals surface area contributed by atoms with E-state index in [0.717, 1.165) is 37.0 Å². The highest BCUT2D eigenvalue weighted by atomic mass is 16.3. The average molecular weight is 306 g/mol. The summed E-state index contributed by atoms with van der Waals surface area (Å²) in [6, 6.07) is 0. The first kappa shape index (κ1) is 15.4. The molecular formula is C20H34O2. The summed E-state index contributed by atoms with van der Waals surface area (Å²) in [7, 11) is 0. The first-order chi connectivity index (χ1) is 10.3. The number of hydrogen-bond acceptors (Lipinski definition) is 2. The van der Waals surface area contributed by atoms with Crippen LogP contribution in [0.25, 0.3) is 0 Å². The molecule has 4 saturated carbocycles. The molecule has 4 rings (SSSR count). The van der Waals surface area contributed by atoms with Gasteiger partial charge < -0.3 is 10.2 Å². The van der Waals surface area contributed by atoms with Crippen LogP contribution in [0.2, 0.25) is 0 Å². The van der Waals surface area contributed by atoms with Crippen LogP contribution in [0.1, 0.15) is 78.6 Å². The summed E-state index contributed by atoms with van der Waals surface area (Å²) in [6.07, 6.45) is 10.6. The van der Waals surface area contributed by atoms with Gasteiger partial charge in [-0.05, 0) is 99.2 Å². The highest BCUT2D eigenvalue weighted by molar-refractivity contribution is 5.10. The predicted molar refractivity (Wildman–Crippen MR) is 88.4 cm³/mol. The highest BCUT2D eigenvalue weighted by Crippen LogP contribution is 2.66. The van der Waals surface area contributed by atoms with Gasteiger partial charge in [0.2, 0.25) is 0 Å². The minimum Gasteiger partial charge on any atom is -0.393 e. The molecule has 0 heterocycles. The van der Waals surface area contributed by atoms with Crippen molar-refractivity contribution < 1.29 is 10.2 Å². The average Bonchev–Trinajstić information content (AvgIpc) is 2.76. The molecule has 0 bridgehead atoms. The van der Waals surface area contributed by atoms with Gasteiger partial charge in [-0.3, -0.25) is 0 Å². The number of hydrogen-bond donors (Lipinski definition) is 2. The van der Waals surface area contributed by atoms with Gasteiger partial charge in [-0.15, -0.1) is 0 Å². The lowest BCUT2D eigenvalue weighted by atomic mass is 9.44. The van der Waals surface area contributed by atoms with Gasteiger partial charge in [-0.2, -0.15) is 0 Å². The molecule has 2 heteroatoms. The van der Waals surface area contributed by atoms with Gasteiger partial charge in [0.15, 0.2) is 0 Å². The molecule has 8 atom stereocenters. The van der Waals surface area contributed by atoms with Crippen molar-refractivity contribution in [3.63, 3.8) is 0 Å². The number of aliphatic hydroxyl groups is 2. The normalized spacial score (nSPS) is 61.2. The Morgan fingerprint density at radius 1 is 0.773 bits per heavy atom. The van der Waals surface area contributed by atoms with Crippen LogP contribution >= 0.6 is 0 Å². The van der Waals surface area contributed by atoms with Crippen LogP contribution in [0.3, 0.4) is 0 Å². The Morgan fingerprint density at radius 2 is 1.50 bits per heavy atom. The summed E-state index contributed by atoms with van der Waals surface area (Å²) in [5, 5.41) is 21.0. The molecule has 0 spiro atoms. The van der Waals surface area contributed by atoms with Crippen molar-refractivity contribution in [1.29, 1.82) is 0 Å². The molecule has 4 aliphatic rings. The van der Waals surface area contributed by atoms with E-state index in [1.807, 2.05) is 6.92 Å². The minimum absolute atomic E-state index is 0.0592. The molecule has 4 fully saturated rings. The summed E-state index contributed by atoms with van der Waals surface area (Å²) in [5.41, 5.74) is 0.217. The van der Waals surface area contributed by atoms with E-state index in [2.05, 4.69) is 13.8 Å². The summed E-state index contributed by atoms with van der Waals surface area (Å²) in [4.78, 5) is 0. The fourth-order valence-electron chi connectivity index (χ4n) is 7.40. The van der Waals surface area contributed by atoms with Crippen LogP contribution in [-0.2, 0) is 0 Å². The monoisotopic (exact) mass is 306 g/mol. The highest BCUT2D eigenvalue weighted by Gasteiger charge is 2.60. The fraction of sp³-hybridized carbons (Fsp3) is 1.00. The molecular weight excluding hydrogens is 272 g/mol. The van der Waals surface area contributed by atoms with E-state index in [-0.39, 0.29) is 11.5 Å². The van der Waals surface area contributed by atoms with Crippen LogP contribution in [0.4, 0.5) is 0 Å². The Balaban J connectivity index is 1.62. The van der Waals surface area contributed by atoms with Gasteiger partial charge in [0.25, 0.3) is 0 Å². The second kappa shape index (κ2) is 4.72. The molecule has 2 N–H and O–H groups in total. The third kappa shape index (κ3) is 1.99. The molecule has 0 aromatic rings. The number of rotatable bonds is 0. The van der Waals surface area contributed by atoms with E-state index in [1.54, 1.807) is 0 Å². The minimum atomic E-state index is -0.427. The summed E-state index contributed by atoms with van der Waals surface area (Å²) in [6.45, 7) is 6.95. The smallest absolute Gasteiger partial charge is 0.0622 e. The van der Waals surface area contributed by atoms with Crippen LogP contribution < -0.4 is 0 Å². The van der Waals surface area contributed by atoms with Crippen molar-refractivity contribution in [2.75, 3.05) is 0 Å². The van der Waals surface area contributed by atoms with Crippen LogP contribution in [0, 0.1) is 34.5 Å². The predicted octanol–water partition coefficient (Wildman–Crippen LogP) is 4.14. The van der Waals surface area contributed by atoms with E-state index >= 15 is 0 Å². The van der Waals surface area contributed by atoms with Crippen molar-refractivity contribution in [2.24, 2.45) is 34.5 Å². The summed E-state index contributed by atoms with van der Waals surface area (Å²) < 4.78 is 0. The lowest BCUT2D eigenvalue weighted by Crippen LogP contribution is -2.55. The van der Waals surface area contributed by atoms with Gasteiger partial charge in [0.1, 0.15) is 0 Å². The van der Waals surface area contributed by atoms with Gasteiger partial charge in [-0.25, -0.2) is 0 Å². The van der Waals surface area contributed by atoms with E-state index in [4.69, 9.17) is 0 Å². The molecule has 0 aromatic carbocycles. The first-order valence-electron chi connectivity index (χ1n) is 9.67. The Bertz CT molecular complexity index is 459. The SMILES string of the molecule is C[C@]1(O)CC[C@]2(C)[C@H](CC[C@@H]3[C@H]4CC[C@@H](O)[C@]4(C)CC[C@H]32)C1. The maximum absolute atomic E-state index is 10.5. The van der Waals surface area contributed by atoms with Crippen molar-refractivity contribution in [3.05, 3.63) is 0 Å². The quantitative estimate of drug-likeness (QED) is 0.706. The zero-order chi connectivity index (χ0) is 15.8. The Morgan fingerprint density at radius 3 is 2.27 bits per heavy atom. The third-order valence-electron chi connectivity index (χ3n) is 8.90. The molecule has 0 aromatic heterocycles. The van der Waals surface area contributed by atoms with E-state index < -0.39 is 5.60 Å². The van der Waals surface area contributed by atoms with Gasteiger partial charge in [-0.1, -0.05) is 13.8 Å². The van der Waals surface area contributed by atoms with E-state index in [1.165, 1.54) is 38.5 Å². The molecule has 22 heavy (non-hydrogen) atoms. The molecule has 2 nitrogen and oxygen atoms in total. The molecule has 0 saturated heterocycles. The molecule has 0 radical (unpaired) electrons. The summed E-state index contributed by atoms with van der Waals surface area (Å²) >= 11 is 0.